The van der Waals surface area contributed by atoms with Crippen molar-refractivity contribution in [1.82, 2.24) is 4.90 Å². The highest BCUT2D eigenvalue weighted by Gasteiger charge is 2.37. The molecule has 0 bridgehead atoms. The number of rotatable bonds is 2. The Bertz CT molecular complexity index is 333. The van der Waals surface area contributed by atoms with Crippen LogP contribution in [0.15, 0.2) is 0 Å². The van der Waals surface area contributed by atoms with Gasteiger partial charge in [0.1, 0.15) is 0 Å². The molecule has 1 saturated carbocycles. The lowest BCUT2D eigenvalue weighted by Gasteiger charge is -2.19. The van der Waals surface area contributed by atoms with Crippen LogP contribution in [-0.2, 0) is 9.59 Å². The molecule has 0 spiro atoms. The molecule has 2 fully saturated rings. The van der Waals surface area contributed by atoms with Gasteiger partial charge in [-0.05, 0) is 12.8 Å². The average Bonchev–Trinajstić information content (AvgIpc) is 2.66. The number of carbonyl (C=O) groups excluding carboxylic acids is 2. The molecule has 0 N–H and O–H groups in total. The van der Waals surface area contributed by atoms with Crippen molar-refractivity contribution < 1.29 is 9.59 Å². The van der Waals surface area contributed by atoms with Crippen LogP contribution < -0.4 is 0 Å². The van der Waals surface area contributed by atoms with E-state index in [0.717, 1.165) is 0 Å². The number of hydrogen-bond acceptors (Lipinski definition) is 3. The molecule has 114 valence electrons. The summed E-state index contributed by atoms with van der Waals surface area (Å²) in [6.45, 7) is 0. The van der Waals surface area contributed by atoms with E-state index in [1.54, 1.807) is 18.8 Å². The average molecular weight is 297 g/mol. The van der Waals surface area contributed by atoms with Crippen molar-refractivity contribution in [2.45, 2.75) is 81.1 Å². The van der Waals surface area contributed by atoms with E-state index in [-0.39, 0.29) is 17.1 Å². The minimum Gasteiger partial charge on any atom is -0.285 e. The highest BCUT2D eigenvalue weighted by molar-refractivity contribution is 8.01. The second-order valence-electron chi connectivity index (χ2n) is 6.15. The third-order valence-corrected chi connectivity index (χ3v) is 6.05. The molecule has 2 aliphatic rings. The Morgan fingerprint density at radius 3 is 1.85 bits per heavy atom. The Labute approximate surface area is 126 Å². The third kappa shape index (κ3) is 4.51. The normalized spacial score (nSPS) is 27.6. The Morgan fingerprint density at radius 2 is 1.40 bits per heavy atom. The van der Waals surface area contributed by atoms with E-state index in [9.17, 15) is 9.59 Å². The Balaban J connectivity index is 1.84. The molecule has 2 rings (SSSR count). The van der Waals surface area contributed by atoms with Crippen molar-refractivity contribution in [3.63, 3.8) is 0 Å². The summed E-state index contributed by atoms with van der Waals surface area (Å²) in [6.07, 6.45) is 13.6. The van der Waals surface area contributed by atoms with Crippen LogP contribution in [0.5, 0.6) is 0 Å². The predicted molar refractivity (Wildman–Crippen MR) is 83.7 cm³/mol. The molecule has 0 radical (unpaired) electrons. The maximum atomic E-state index is 12.0. The van der Waals surface area contributed by atoms with Gasteiger partial charge in [0.2, 0.25) is 11.8 Å². The largest absolute Gasteiger partial charge is 0.285 e. The van der Waals surface area contributed by atoms with Gasteiger partial charge < -0.3 is 0 Å². The topological polar surface area (TPSA) is 37.4 Å². The number of amides is 2. The van der Waals surface area contributed by atoms with Gasteiger partial charge in [0, 0.05) is 18.7 Å². The first-order chi connectivity index (χ1) is 9.68. The first-order valence-corrected chi connectivity index (χ1v) is 9.08. The van der Waals surface area contributed by atoms with Crippen molar-refractivity contribution >= 4 is 23.6 Å². The fourth-order valence-corrected chi connectivity index (χ4v) is 4.73. The SMILES string of the molecule is CN1C(=O)CC(SC2CCCCCCCCCC2)C1=O. The molecule has 3 nitrogen and oxygen atoms in total. The van der Waals surface area contributed by atoms with Gasteiger partial charge in [-0.2, -0.15) is 0 Å². The maximum absolute atomic E-state index is 12.0. The molecule has 1 heterocycles. The highest BCUT2D eigenvalue weighted by Crippen LogP contribution is 2.33. The van der Waals surface area contributed by atoms with Crippen LogP contribution in [0.3, 0.4) is 0 Å². The van der Waals surface area contributed by atoms with E-state index in [0.29, 0.717) is 11.7 Å². The highest BCUT2D eigenvalue weighted by atomic mass is 32.2. The molecule has 1 aliphatic heterocycles. The van der Waals surface area contributed by atoms with Crippen molar-refractivity contribution in [3.8, 4) is 0 Å². The van der Waals surface area contributed by atoms with Gasteiger partial charge in [0.15, 0.2) is 0 Å². The van der Waals surface area contributed by atoms with Crippen LogP contribution in [0.2, 0.25) is 0 Å². The van der Waals surface area contributed by atoms with E-state index in [1.165, 1.54) is 69.1 Å². The monoisotopic (exact) mass is 297 g/mol. The van der Waals surface area contributed by atoms with Crippen molar-refractivity contribution in [2.24, 2.45) is 0 Å². The maximum Gasteiger partial charge on any atom is 0.242 e. The molecule has 1 atom stereocenters. The first kappa shape index (κ1) is 15.9. The minimum absolute atomic E-state index is 0.0100. The number of carbonyl (C=O) groups is 2. The Hall–Kier alpha value is -0.510. The summed E-state index contributed by atoms with van der Waals surface area (Å²) in [4.78, 5) is 24.9. The second kappa shape index (κ2) is 8.06. The van der Waals surface area contributed by atoms with Crippen molar-refractivity contribution in [2.75, 3.05) is 7.05 Å². The van der Waals surface area contributed by atoms with E-state index in [4.69, 9.17) is 0 Å². The van der Waals surface area contributed by atoms with Crippen molar-refractivity contribution in [3.05, 3.63) is 0 Å². The van der Waals surface area contributed by atoms with Gasteiger partial charge in [-0.1, -0.05) is 51.4 Å². The summed E-state index contributed by atoms with van der Waals surface area (Å²) in [6, 6.07) is 0. The molecular formula is C16H27NO2S. The lowest BCUT2D eigenvalue weighted by Crippen LogP contribution is -2.27. The smallest absolute Gasteiger partial charge is 0.242 e. The Kier molecular flexibility index (Phi) is 6.40. The number of thioether (sulfide) groups is 1. The molecule has 1 unspecified atom stereocenters. The quantitative estimate of drug-likeness (QED) is 0.728. The fourth-order valence-electron chi connectivity index (χ4n) is 3.15. The van der Waals surface area contributed by atoms with Gasteiger partial charge >= 0.3 is 0 Å². The first-order valence-electron chi connectivity index (χ1n) is 8.14. The van der Waals surface area contributed by atoms with Gasteiger partial charge in [0.25, 0.3) is 0 Å². The van der Waals surface area contributed by atoms with Gasteiger partial charge in [-0.3, -0.25) is 14.5 Å². The molecule has 1 saturated heterocycles. The van der Waals surface area contributed by atoms with E-state index < -0.39 is 0 Å². The van der Waals surface area contributed by atoms with E-state index in [2.05, 4.69) is 0 Å². The van der Waals surface area contributed by atoms with Gasteiger partial charge in [-0.15, -0.1) is 11.8 Å². The van der Waals surface area contributed by atoms with Gasteiger partial charge in [-0.25, -0.2) is 0 Å². The van der Waals surface area contributed by atoms with Crippen LogP contribution in [0.1, 0.15) is 70.6 Å². The predicted octanol–water partition coefficient (Wildman–Crippen LogP) is 3.76. The molecule has 0 aromatic carbocycles. The molecular weight excluding hydrogens is 270 g/mol. The van der Waals surface area contributed by atoms with Crippen LogP contribution in [-0.4, -0.2) is 34.3 Å². The lowest BCUT2D eigenvalue weighted by molar-refractivity contribution is -0.136. The second-order valence-corrected chi connectivity index (χ2v) is 7.66. The van der Waals surface area contributed by atoms with Crippen LogP contribution >= 0.6 is 11.8 Å². The minimum atomic E-state index is -0.109. The summed E-state index contributed by atoms with van der Waals surface area (Å²) in [5, 5.41) is 0.462. The van der Waals surface area contributed by atoms with Gasteiger partial charge in [0.05, 0.1) is 5.25 Å². The summed E-state index contributed by atoms with van der Waals surface area (Å²) in [7, 11) is 1.61. The summed E-state index contributed by atoms with van der Waals surface area (Å²) in [5.41, 5.74) is 0. The van der Waals surface area contributed by atoms with E-state index >= 15 is 0 Å². The van der Waals surface area contributed by atoms with E-state index in [1.807, 2.05) is 0 Å². The third-order valence-electron chi connectivity index (χ3n) is 4.50. The zero-order valence-corrected chi connectivity index (χ0v) is 13.4. The zero-order valence-electron chi connectivity index (χ0n) is 12.6. The molecule has 20 heavy (non-hydrogen) atoms. The molecule has 4 heteroatoms. The summed E-state index contributed by atoms with van der Waals surface area (Å²) in [5.74, 6) is 0.0125. The number of imide groups is 1. The van der Waals surface area contributed by atoms with Crippen molar-refractivity contribution in [1.29, 1.82) is 0 Å². The molecule has 0 aromatic rings. The van der Waals surface area contributed by atoms with Crippen LogP contribution in [0, 0.1) is 0 Å². The fraction of sp³-hybridized carbons (Fsp3) is 0.875. The number of nitrogens with zero attached hydrogens (tertiary/aromatic N) is 1. The zero-order chi connectivity index (χ0) is 14.4. The number of likely N-dealkylation sites (tertiary alicyclic amines) is 1. The molecule has 2 amide bonds. The number of hydrogen-bond donors (Lipinski definition) is 0. The molecule has 0 aromatic heterocycles. The Morgan fingerprint density at radius 1 is 0.900 bits per heavy atom. The van der Waals surface area contributed by atoms with Crippen LogP contribution in [0.4, 0.5) is 0 Å². The molecule has 1 aliphatic carbocycles. The summed E-state index contributed by atoms with van der Waals surface area (Å²) < 4.78 is 0. The standard InChI is InChI=1S/C16H27NO2S/c1-17-15(18)12-14(16(17)19)20-13-10-8-6-4-2-3-5-7-9-11-13/h13-14H,2-12H2,1H3. The van der Waals surface area contributed by atoms with Crippen LogP contribution in [0.25, 0.3) is 0 Å². The summed E-state index contributed by atoms with van der Waals surface area (Å²) >= 11 is 1.78. The lowest BCUT2D eigenvalue weighted by atomic mass is 10.1.